The van der Waals surface area contributed by atoms with Gasteiger partial charge in [-0.25, -0.2) is 9.78 Å². The Hall–Kier alpha value is -2.49. The molecule has 1 fully saturated rings. The second-order valence-electron chi connectivity index (χ2n) is 12.1. The van der Waals surface area contributed by atoms with Crippen molar-refractivity contribution >= 4 is 20.5 Å². The number of hydrogen-bond donors (Lipinski definition) is 0. The number of carbonyl (C=O) groups is 2. The van der Waals surface area contributed by atoms with Crippen LogP contribution in [0.2, 0.25) is 25.7 Å². The number of aromatic nitrogens is 2. The maximum atomic E-state index is 13.3. The molecule has 1 amide bonds. The van der Waals surface area contributed by atoms with Gasteiger partial charge in [-0.05, 0) is 45.2 Å². The zero-order valence-electron chi connectivity index (χ0n) is 23.4. The summed E-state index contributed by atoms with van der Waals surface area (Å²) in [5.74, 6) is 0.310. The maximum absolute atomic E-state index is 13.3. The molecular weight excluding hydrogens is 484 g/mol. The van der Waals surface area contributed by atoms with Gasteiger partial charge in [0.05, 0.1) is 12.2 Å². The summed E-state index contributed by atoms with van der Waals surface area (Å²) in [4.78, 5) is 33.7. The van der Waals surface area contributed by atoms with Crippen molar-refractivity contribution in [2.24, 2.45) is 0 Å². The lowest BCUT2D eigenvalue weighted by Gasteiger charge is -2.38. The van der Waals surface area contributed by atoms with E-state index in [4.69, 9.17) is 9.47 Å². The van der Waals surface area contributed by atoms with Crippen LogP contribution < -0.4 is 0 Å². The first kappa shape index (κ1) is 29.1. The Morgan fingerprint density at radius 1 is 1.16 bits per heavy atom. The predicted molar refractivity (Wildman–Crippen MR) is 148 cm³/mol. The van der Waals surface area contributed by atoms with Crippen LogP contribution in [0.4, 0.5) is 4.79 Å². The summed E-state index contributed by atoms with van der Waals surface area (Å²) in [6, 6.07) is 11.6. The number of benzene rings is 1. The Balaban J connectivity index is 1.67. The number of imidazole rings is 1. The first-order valence-electron chi connectivity index (χ1n) is 13.3. The quantitative estimate of drug-likeness (QED) is 0.221. The average Bonchev–Trinajstić information content (AvgIpc) is 3.21. The SMILES string of the molecule is CC(C)(C)OC(=O)N(Cc1cn(COCC[Si](C)(C)C)c(C=O)n1)C1CCN(Cc2ccccc2)CC1. The van der Waals surface area contributed by atoms with Crippen LogP contribution in [0.5, 0.6) is 0 Å². The molecule has 1 saturated heterocycles. The smallest absolute Gasteiger partial charge is 0.410 e. The van der Waals surface area contributed by atoms with Gasteiger partial charge in [-0.15, -0.1) is 0 Å². The molecule has 8 nitrogen and oxygen atoms in total. The van der Waals surface area contributed by atoms with Crippen molar-refractivity contribution in [3.05, 3.63) is 53.6 Å². The van der Waals surface area contributed by atoms with Crippen LogP contribution in [-0.4, -0.2) is 71.1 Å². The molecule has 1 aliphatic rings. The molecular formula is C28H44N4O4Si. The Morgan fingerprint density at radius 3 is 2.43 bits per heavy atom. The summed E-state index contributed by atoms with van der Waals surface area (Å²) in [7, 11) is -1.19. The largest absolute Gasteiger partial charge is 0.444 e. The van der Waals surface area contributed by atoms with E-state index in [2.05, 4.69) is 53.8 Å². The fourth-order valence-electron chi connectivity index (χ4n) is 4.37. The van der Waals surface area contributed by atoms with Crippen molar-refractivity contribution in [1.29, 1.82) is 0 Å². The van der Waals surface area contributed by atoms with Gasteiger partial charge in [0.2, 0.25) is 0 Å². The molecule has 0 saturated carbocycles. The van der Waals surface area contributed by atoms with Gasteiger partial charge in [0.25, 0.3) is 0 Å². The van der Waals surface area contributed by atoms with E-state index >= 15 is 0 Å². The Labute approximate surface area is 223 Å². The monoisotopic (exact) mass is 528 g/mol. The van der Waals surface area contributed by atoms with E-state index in [0.717, 1.165) is 44.8 Å². The van der Waals surface area contributed by atoms with Crippen LogP contribution >= 0.6 is 0 Å². The zero-order valence-corrected chi connectivity index (χ0v) is 24.4. The minimum atomic E-state index is -1.19. The number of rotatable bonds is 11. The van der Waals surface area contributed by atoms with E-state index < -0.39 is 13.7 Å². The number of amides is 1. The third-order valence-corrected chi connectivity index (χ3v) is 8.10. The molecule has 2 aromatic rings. The second kappa shape index (κ2) is 12.8. The van der Waals surface area contributed by atoms with Gasteiger partial charge in [0, 0.05) is 46.6 Å². The van der Waals surface area contributed by atoms with Gasteiger partial charge in [-0.3, -0.25) is 14.6 Å². The van der Waals surface area contributed by atoms with Gasteiger partial charge in [-0.2, -0.15) is 0 Å². The first-order chi connectivity index (χ1) is 17.4. The molecule has 0 bridgehead atoms. The van der Waals surface area contributed by atoms with E-state index in [1.54, 1.807) is 9.47 Å². The molecule has 0 radical (unpaired) electrons. The van der Waals surface area contributed by atoms with Crippen molar-refractivity contribution in [2.45, 2.75) is 90.8 Å². The van der Waals surface area contributed by atoms with Gasteiger partial charge in [0.15, 0.2) is 12.1 Å². The van der Waals surface area contributed by atoms with Crippen molar-refractivity contribution in [3.63, 3.8) is 0 Å². The summed E-state index contributed by atoms with van der Waals surface area (Å²) in [5, 5.41) is 0. The van der Waals surface area contributed by atoms with E-state index in [9.17, 15) is 9.59 Å². The molecule has 0 N–H and O–H groups in total. The van der Waals surface area contributed by atoms with E-state index in [1.807, 2.05) is 33.0 Å². The lowest BCUT2D eigenvalue weighted by atomic mass is 10.0. The fourth-order valence-corrected chi connectivity index (χ4v) is 5.13. The summed E-state index contributed by atoms with van der Waals surface area (Å²) < 4.78 is 13.3. The average molecular weight is 529 g/mol. The molecule has 0 spiro atoms. The summed E-state index contributed by atoms with van der Waals surface area (Å²) in [5.41, 5.74) is 1.36. The molecule has 2 heterocycles. The van der Waals surface area contributed by atoms with Gasteiger partial charge in [0.1, 0.15) is 12.3 Å². The molecule has 9 heteroatoms. The second-order valence-corrected chi connectivity index (χ2v) is 17.7. The fraction of sp³-hybridized carbons (Fsp3) is 0.607. The van der Waals surface area contributed by atoms with E-state index in [1.165, 1.54) is 5.56 Å². The zero-order chi connectivity index (χ0) is 27.1. The van der Waals surface area contributed by atoms with Gasteiger partial charge >= 0.3 is 6.09 Å². The lowest BCUT2D eigenvalue weighted by molar-refractivity contribution is 0.00507. The number of likely N-dealkylation sites (tertiary alicyclic amines) is 1. The number of aldehydes is 1. The number of hydrogen-bond acceptors (Lipinski definition) is 6. The summed E-state index contributed by atoms with van der Waals surface area (Å²) in [6.07, 6.45) is 3.92. The highest BCUT2D eigenvalue weighted by atomic mass is 28.3. The number of nitrogens with zero attached hydrogens (tertiary/aromatic N) is 4. The van der Waals surface area contributed by atoms with Crippen LogP contribution in [0.25, 0.3) is 0 Å². The van der Waals surface area contributed by atoms with Crippen LogP contribution in [-0.2, 0) is 29.3 Å². The molecule has 1 aromatic carbocycles. The number of ether oxygens (including phenoxy) is 2. The van der Waals surface area contributed by atoms with E-state index in [0.29, 0.717) is 24.7 Å². The standard InChI is InChI=1S/C28H44N4O4Si/c1-28(2,3)36-27(34)32(25-12-14-30(15-13-25)18-23-10-8-7-9-11-23)20-24-19-31(26(21-33)29-24)22-35-16-17-37(4,5)6/h7-11,19,21,25H,12-18,20,22H2,1-6H3. The van der Waals surface area contributed by atoms with Crippen molar-refractivity contribution < 1.29 is 19.1 Å². The molecule has 0 unspecified atom stereocenters. The molecule has 0 aliphatic carbocycles. The van der Waals surface area contributed by atoms with Crippen LogP contribution in [0, 0.1) is 0 Å². The van der Waals surface area contributed by atoms with Crippen molar-refractivity contribution in [1.82, 2.24) is 19.4 Å². The molecule has 0 atom stereocenters. The highest BCUT2D eigenvalue weighted by molar-refractivity contribution is 6.76. The highest BCUT2D eigenvalue weighted by Crippen LogP contribution is 2.23. The van der Waals surface area contributed by atoms with Crippen molar-refractivity contribution in [3.8, 4) is 0 Å². The highest BCUT2D eigenvalue weighted by Gasteiger charge is 2.32. The molecule has 37 heavy (non-hydrogen) atoms. The van der Waals surface area contributed by atoms with Crippen LogP contribution in [0.15, 0.2) is 36.5 Å². The van der Waals surface area contributed by atoms with E-state index in [-0.39, 0.29) is 18.9 Å². The van der Waals surface area contributed by atoms with Crippen LogP contribution in [0.3, 0.4) is 0 Å². The molecule has 1 aliphatic heterocycles. The third kappa shape index (κ3) is 9.72. The minimum absolute atomic E-state index is 0.0414. The molecule has 204 valence electrons. The minimum Gasteiger partial charge on any atom is -0.444 e. The first-order valence-corrected chi connectivity index (χ1v) is 17.0. The normalized spacial score (nSPS) is 15.5. The van der Waals surface area contributed by atoms with Crippen LogP contribution in [0.1, 0.15) is 55.5 Å². The number of carbonyl (C=O) groups excluding carboxylic acids is 2. The van der Waals surface area contributed by atoms with Crippen molar-refractivity contribution in [2.75, 3.05) is 19.7 Å². The summed E-state index contributed by atoms with van der Waals surface area (Å²) in [6.45, 7) is 16.5. The maximum Gasteiger partial charge on any atom is 0.410 e. The Morgan fingerprint density at radius 2 is 1.84 bits per heavy atom. The summed E-state index contributed by atoms with van der Waals surface area (Å²) >= 11 is 0. The topological polar surface area (TPSA) is 76.9 Å². The Kier molecular flexibility index (Phi) is 10.1. The van der Waals surface area contributed by atoms with Gasteiger partial charge < -0.3 is 14.0 Å². The molecule has 3 rings (SSSR count). The lowest BCUT2D eigenvalue weighted by Crippen LogP contribution is -2.48. The van der Waals surface area contributed by atoms with Gasteiger partial charge in [-0.1, -0.05) is 50.0 Å². The third-order valence-electron chi connectivity index (χ3n) is 6.40. The Bertz CT molecular complexity index is 1010. The molecule has 1 aromatic heterocycles. The number of piperidine rings is 1. The predicted octanol–water partition coefficient (Wildman–Crippen LogP) is 5.41.